The predicted molar refractivity (Wildman–Crippen MR) is 69.2 cm³/mol. The fourth-order valence-corrected chi connectivity index (χ4v) is 2.55. The topological polar surface area (TPSA) is 49.8 Å². The van der Waals surface area contributed by atoms with Crippen LogP contribution in [0.15, 0.2) is 18.2 Å². The summed E-state index contributed by atoms with van der Waals surface area (Å²) in [7, 11) is 1.50. The van der Waals surface area contributed by atoms with E-state index in [1.165, 1.54) is 7.11 Å². The van der Waals surface area contributed by atoms with Crippen molar-refractivity contribution in [3.05, 3.63) is 29.3 Å². The minimum atomic E-state index is -4.89. The quantitative estimate of drug-likeness (QED) is 0.905. The highest BCUT2D eigenvalue weighted by molar-refractivity contribution is 5.82. The molecule has 1 aliphatic rings. The standard InChI is InChI=1S/C14H16F3NO3/c1-21-11-2-3-12-9(6-11)4-5-18(7-10(12)8-19)13(20)14(15,16)17/h2-3,6,10,19H,4-5,7-8H2,1H3. The van der Waals surface area contributed by atoms with E-state index in [9.17, 15) is 23.1 Å². The number of nitrogens with zero attached hydrogens (tertiary/aromatic N) is 1. The van der Waals surface area contributed by atoms with Crippen molar-refractivity contribution in [2.75, 3.05) is 26.8 Å². The average Bonchev–Trinajstić information content (AvgIpc) is 2.64. The third-order valence-electron chi connectivity index (χ3n) is 3.63. The van der Waals surface area contributed by atoms with Gasteiger partial charge in [0, 0.05) is 19.0 Å². The van der Waals surface area contributed by atoms with Gasteiger partial charge < -0.3 is 14.7 Å². The van der Waals surface area contributed by atoms with E-state index in [2.05, 4.69) is 0 Å². The Kier molecular flexibility index (Phi) is 4.41. The summed E-state index contributed by atoms with van der Waals surface area (Å²) >= 11 is 0. The van der Waals surface area contributed by atoms with Crippen LogP contribution in [-0.2, 0) is 11.2 Å². The summed E-state index contributed by atoms with van der Waals surface area (Å²) < 4.78 is 42.8. The molecule has 0 fully saturated rings. The zero-order chi connectivity index (χ0) is 15.6. The van der Waals surface area contributed by atoms with Crippen LogP contribution in [0.2, 0.25) is 0 Å². The molecule has 2 rings (SSSR count). The molecule has 116 valence electrons. The molecule has 0 aromatic heterocycles. The molecule has 1 aliphatic heterocycles. The highest BCUT2D eigenvalue weighted by Gasteiger charge is 2.43. The van der Waals surface area contributed by atoms with Gasteiger partial charge in [-0.05, 0) is 29.7 Å². The fraction of sp³-hybridized carbons (Fsp3) is 0.500. The molecule has 1 N–H and O–H groups in total. The lowest BCUT2D eigenvalue weighted by Gasteiger charge is -2.24. The van der Waals surface area contributed by atoms with E-state index in [1.807, 2.05) is 0 Å². The van der Waals surface area contributed by atoms with Gasteiger partial charge in [-0.2, -0.15) is 13.2 Å². The van der Waals surface area contributed by atoms with E-state index in [-0.39, 0.29) is 19.7 Å². The van der Waals surface area contributed by atoms with Crippen LogP contribution < -0.4 is 4.74 Å². The van der Waals surface area contributed by atoms with Gasteiger partial charge in [0.15, 0.2) is 0 Å². The molecular weight excluding hydrogens is 287 g/mol. The Morgan fingerprint density at radius 1 is 1.48 bits per heavy atom. The molecule has 0 bridgehead atoms. The van der Waals surface area contributed by atoms with Crippen molar-refractivity contribution in [3.63, 3.8) is 0 Å². The number of halogens is 3. The van der Waals surface area contributed by atoms with Crippen LogP contribution in [0.25, 0.3) is 0 Å². The molecule has 1 heterocycles. The third kappa shape index (κ3) is 3.29. The van der Waals surface area contributed by atoms with Gasteiger partial charge in [0.1, 0.15) is 5.75 Å². The van der Waals surface area contributed by atoms with E-state index in [1.54, 1.807) is 18.2 Å². The summed E-state index contributed by atoms with van der Waals surface area (Å²) in [5.41, 5.74) is 1.56. The minimum absolute atomic E-state index is 0.0327. The zero-order valence-corrected chi connectivity index (χ0v) is 11.5. The van der Waals surface area contributed by atoms with Gasteiger partial charge in [0.05, 0.1) is 13.7 Å². The summed E-state index contributed by atoms with van der Waals surface area (Å²) in [5.74, 6) is -1.79. The minimum Gasteiger partial charge on any atom is -0.497 e. The summed E-state index contributed by atoms with van der Waals surface area (Å²) in [6.45, 7) is -0.496. The Bertz CT molecular complexity index is 531. The van der Waals surface area contributed by atoms with E-state index in [0.717, 1.165) is 16.0 Å². The molecule has 21 heavy (non-hydrogen) atoms. The van der Waals surface area contributed by atoms with E-state index in [4.69, 9.17) is 4.74 Å². The van der Waals surface area contributed by atoms with Gasteiger partial charge in [-0.25, -0.2) is 0 Å². The SMILES string of the molecule is COc1ccc2c(c1)CCN(C(=O)C(F)(F)F)CC2CO. The van der Waals surface area contributed by atoms with Crippen LogP contribution in [0, 0.1) is 0 Å². The number of benzene rings is 1. The van der Waals surface area contributed by atoms with Crippen LogP contribution in [0.1, 0.15) is 17.0 Å². The maximum atomic E-state index is 12.6. The van der Waals surface area contributed by atoms with Gasteiger partial charge in [-0.1, -0.05) is 6.07 Å². The van der Waals surface area contributed by atoms with Crippen molar-refractivity contribution >= 4 is 5.91 Å². The van der Waals surface area contributed by atoms with Crippen LogP contribution in [0.4, 0.5) is 13.2 Å². The van der Waals surface area contributed by atoms with Crippen molar-refractivity contribution < 1.29 is 27.8 Å². The van der Waals surface area contributed by atoms with Gasteiger partial charge in [0.2, 0.25) is 0 Å². The van der Waals surface area contributed by atoms with Crippen molar-refractivity contribution in [1.29, 1.82) is 0 Å². The number of hydrogen-bond acceptors (Lipinski definition) is 3. The monoisotopic (exact) mass is 303 g/mol. The fourth-order valence-electron chi connectivity index (χ4n) is 2.55. The molecule has 1 aromatic carbocycles. The average molecular weight is 303 g/mol. The second kappa shape index (κ2) is 5.93. The number of aliphatic hydroxyl groups is 1. The van der Waals surface area contributed by atoms with E-state index in [0.29, 0.717) is 12.2 Å². The van der Waals surface area contributed by atoms with Crippen LogP contribution in [-0.4, -0.2) is 48.9 Å². The second-order valence-electron chi connectivity index (χ2n) is 4.94. The molecule has 1 unspecified atom stereocenters. The molecule has 0 saturated heterocycles. The largest absolute Gasteiger partial charge is 0.497 e. The molecule has 0 aliphatic carbocycles. The smallest absolute Gasteiger partial charge is 0.471 e. The molecule has 0 radical (unpaired) electrons. The molecule has 1 amide bonds. The van der Waals surface area contributed by atoms with Crippen molar-refractivity contribution in [2.45, 2.75) is 18.5 Å². The maximum Gasteiger partial charge on any atom is 0.471 e. The summed E-state index contributed by atoms with van der Waals surface area (Å²) in [6.07, 6.45) is -4.60. The molecule has 0 saturated carbocycles. The van der Waals surface area contributed by atoms with Crippen LogP contribution >= 0.6 is 0 Å². The Hall–Kier alpha value is -1.76. The van der Waals surface area contributed by atoms with Gasteiger partial charge in [0.25, 0.3) is 0 Å². The Balaban J connectivity index is 2.30. The summed E-state index contributed by atoms with van der Waals surface area (Å²) in [5, 5.41) is 9.44. The molecular formula is C14H16F3NO3. The number of alkyl halides is 3. The number of hydrogen-bond donors (Lipinski definition) is 1. The first-order valence-electron chi connectivity index (χ1n) is 6.50. The Morgan fingerprint density at radius 3 is 2.76 bits per heavy atom. The number of aliphatic hydroxyl groups excluding tert-OH is 1. The van der Waals surface area contributed by atoms with Crippen LogP contribution in [0.5, 0.6) is 5.75 Å². The van der Waals surface area contributed by atoms with E-state index >= 15 is 0 Å². The first-order valence-corrected chi connectivity index (χ1v) is 6.50. The first-order chi connectivity index (χ1) is 9.86. The molecule has 4 nitrogen and oxygen atoms in total. The van der Waals surface area contributed by atoms with E-state index < -0.39 is 18.0 Å². The van der Waals surface area contributed by atoms with Crippen LogP contribution in [0.3, 0.4) is 0 Å². The summed E-state index contributed by atoms with van der Waals surface area (Å²) in [4.78, 5) is 12.2. The molecule has 1 aromatic rings. The number of methoxy groups -OCH3 is 1. The number of fused-ring (bicyclic) bond motifs is 1. The highest BCUT2D eigenvalue weighted by atomic mass is 19.4. The number of rotatable bonds is 2. The lowest BCUT2D eigenvalue weighted by Crippen LogP contribution is -2.43. The Morgan fingerprint density at radius 2 is 2.19 bits per heavy atom. The second-order valence-corrected chi connectivity index (χ2v) is 4.94. The first kappa shape index (κ1) is 15.6. The lowest BCUT2D eigenvalue weighted by atomic mass is 9.94. The predicted octanol–water partition coefficient (Wildman–Crippen LogP) is 1.72. The maximum absolute atomic E-state index is 12.6. The lowest BCUT2D eigenvalue weighted by molar-refractivity contribution is -0.185. The van der Waals surface area contributed by atoms with Crippen molar-refractivity contribution in [2.24, 2.45) is 0 Å². The van der Waals surface area contributed by atoms with Crippen molar-refractivity contribution in [1.82, 2.24) is 4.90 Å². The normalized spacial score (nSPS) is 18.9. The number of carbonyl (C=O) groups excluding carboxylic acids is 1. The number of carbonyl (C=O) groups is 1. The Labute approximate surface area is 120 Å². The molecule has 7 heteroatoms. The van der Waals surface area contributed by atoms with Gasteiger partial charge in [-0.3, -0.25) is 4.79 Å². The number of amides is 1. The zero-order valence-electron chi connectivity index (χ0n) is 11.5. The van der Waals surface area contributed by atoms with Gasteiger partial charge >= 0.3 is 12.1 Å². The summed E-state index contributed by atoms with van der Waals surface area (Å²) in [6, 6.07) is 5.17. The molecule has 0 spiro atoms. The molecule has 1 atom stereocenters. The van der Waals surface area contributed by atoms with Crippen molar-refractivity contribution in [3.8, 4) is 5.75 Å². The third-order valence-corrected chi connectivity index (χ3v) is 3.63. The van der Waals surface area contributed by atoms with Gasteiger partial charge in [-0.15, -0.1) is 0 Å². The number of ether oxygens (including phenoxy) is 1. The highest BCUT2D eigenvalue weighted by Crippen LogP contribution is 2.30.